The maximum absolute atomic E-state index is 12.4. The van der Waals surface area contributed by atoms with Crippen molar-refractivity contribution in [1.82, 2.24) is 5.32 Å². The summed E-state index contributed by atoms with van der Waals surface area (Å²) in [5, 5.41) is 12.3. The number of carboxylic acid groups (broad SMARTS) is 1. The van der Waals surface area contributed by atoms with Crippen molar-refractivity contribution < 1.29 is 14.7 Å². The smallest absolute Gasteiger partial charge is 0.336 e. The molecule has 1 aliphatic carbocycles. The van der Waals surface area contributed by atoms with Gasteiger partial charge in [0.1, 0.15) is 0 Å². The number of allylic oxidation sites excluding steroid dienone is 1. The van der Waals surface area contributed by atoms with E-state index in [4.69, 9.17) is 0 Å². The van der Waals surface area contributed by atoms with Gasteiger partial charge in [-0.1, -0.05) is 24.3 Å². The number of aryl methyl sites for hydroxylation is 2. The summed E-state index contributed by atoms with van der Waals surface area (Å²) in [6, 6.07) is 3.62. The number of carbonyl (C=O) groups is 2. The topological polar surface area (TPSA) is 66.4 Å². The quantitative estimate of drug-likeness (QED) is 0.832. The number of carbonyl (C=O) groups excluding carboxylic acids is 1. The van der Waals surface area contributed by atoms with Crippen LogP contribution in [-0.4, -0.2) is 23.0 Å². The van der Waals surface area contributed by atoms with Crippen molar-refractivity contribution in [2.24, 2.45) is 0 Å². The fourth-order valence-electron chi connectivity index (χ4n) is 2.56. The average molecular weight is 273 g/mol. The van der Waals surface area contributed by atoms with Gasteiger partial charge in [0.25, 0.3) is 5.91 Å². The molecule has 0 aromatic heterocycles. The third-order valence-corrected chi connectivity index (χ3v) is 3.67. The van der Waals surface area contributed by atoms with E-state index in [0.29, 0.717) is 11.1 Å². The lowest BCUT2D eigenvalue weighted by Crippen LogP contribution is -2.36. The summed E-state index contributed by atoms with van der Waals surface area (Å²) < 4.78 is 0. The van der Waals surface area contributed by atoms with Crippen LogP contribution in [-0.2, 0) is 0 Å². The molecule has 4 nitrogen and oxygen atoms in total. The van der Waals surface area contributed by atoms with Crippen molar-refractivity contribution >= 4 is 11.9 Å². The maximum atomic E-state index is 12.4. The highest BCUT2D eigenvalue weighted by molar-refractivity contribution is 6.06. The molecule has 0 bridgehead atoms. The van der Waals surface area contributed by atoms with Gasteiger partial charge >= 0.3 is 5.97 Å². The van der Waals surface area contributed by atoms with Gasteiger partial charge in [-0.3, -0.25) is 4.79 Å². The molecule has 1 aromatic rings. The number of amides is 1. The summed E-state index contributed by atoms with van der Waals surface area (Å²) in [4.78, 5) is 23.8. The Morgan fingerprint density at radius 1 is 1.15 bits per heavy atom. The summed E-state index contributed by atoms with van der Waals surface area (Å²) in [5.74, 6) is -1.34. The minimum absolute atomic E-state index is 0.0917. The van der Waals surface area contributed by atoms with E-state index in [1.165, 1.54) is 0 Å². The number of hydrogen-bond acceptors (Lipinski definition) is 2. The molecule has 0 saturated carbocycles. The van der Waals surface area contributed by atoms with Gasteiger partial charge in [0.15, 0.2) is 0 Å². The Labute approximate surface area is 118 Å². The van der Waals surface area contributed by atoms with Crippen molar-refractivity contribution in [1.29, 1.82) is 0 Å². The summed E-state index contributed by atoms with van der Waals surface area (Å²) in [6.45, 7) is 3.48. The van der Waals surface area contributed by atoms with Crippen LogP contribution in [0.2, 0.25) is 0 Å². The average Bonchev–Trinajstić information content (AvgIpc) is 2.41. The number of nitrogens with one attached hydrogen (secondary N) is 1. The second-order valence-corrected chi connectivity index (χ2v) is 5.21. The lowest BCUT2D eigenvalue weighted by molar-refractivity contribution is 0.0689. The Kier molecular flexibility index (Phi) is 4.23. The first-order valence-electron chi connectivity index (χ1n) is 6.80. The summed E-state index contributed by atoms with van der Waals surface area (Å²) >= 11 is 0. The molecule has 1 amide bonds. The summed E-state index contributed by atoms with van der Waals surface area (Å²) in [5.41, 5.74) is 1.69. The highest BCUT2D eigenvalue weighted by Crippen LogP contribution is 2.20. The van der Waals surface area contributed by atoms with E-state index in [9.17, 15) is 14.7 Å². The van der Waals surface area contributed by atoms with Crippen LogP contribution in [0.5, 0.6) is 0 Å². The molecule has 0 aliphatic heterocycles. The largest absolute Gasteiger partial charge is 0.478 e. The number of carboxylic acids is 1. The van der Waals surface area contributed by atoms with E-state index in [-0.39, 0.29) is 23.1 Å². The van der Waals surface area contributed by atoms with Crippen LogP contribution in [0.4, 0.5) is 0 Å². The van der Waals surface area contributed by atoms with E-state index in [0.717, 1.165) is 19.3 Å². The van der Waals surface area contributed by atoms with E-state index in [1.54, 1.807) is 26.0 Å². The fourth-order valence-corrected chi connectivity index (χ4v) is 2.56. The van der Waals surface area contributed by atoms with Gasteiger partial charge in [-0.15, -0.1) is 0 Å². The highest BCUT2D eigenvalue weighted by atomic mass is 16.4. The molecular formula is C16H19NO3. The SMILES string of the molecule is Cc1ccc(C)c(C(=O)NC2CC=CCC2)c1C(=O)O. The van der Waals surface area contributed by atoms with Gasteiger partial charge in [0.05, 0.1) is 11.1 Å². The molecule has 1 aromatic carbocycles. The molecular weight excluding hydrogens is 254 g/mol. The van der Waals surface area contributed by atoms with Gasteiger partial charge in [-0.25, -0.2) is 4.79 Å². The zero-order valence-corrected chi connectivity index (χ0v) is 11.8. The molecule has 2 N–H and O–H groups in total. The van der Waals surface area contributed by atoms with Crippen molar-refractivity contribution in [3.63, 3.8) is 0 Å². The third kappa shape index (κ3) is 2.90. The molecule has 0 fully saturated rings. The minimum Gasteiger partial charge on any atom is -0.478 e. The van der Waals surface area contributed by atoms with Gasteiger partial charge in [-0.05, 0) is 44.2 Å². The van der Waals surface area contributed by atoms with Gasteiger partial charge in [0.2, 0.25) is 0 Å². The number of hydrogen-bond donors (Lipinski definition) is 2. The van der Waals surface area contributed by atoms with Crippen LogP contribution < -0.4 is 5.32 Å². The molecule has 1 atom stereocenters. The second-order valence-electron chi connectivity index (χ2n) is 5.21. The van der Waals surface area contributed by atoms with E-state index < -0.39 is 5.97 Å². The van der Waals surface area contributed by atoms with Crippen LogP contribution in [0.15, 0.2) is 24.3 Å². The van der Waals surface area contributed by atoms with E-state index in [2.05, 4.69) is 17.5 Å². The Morgan fingerprint density at radius 3 is 2.35 bits per heavy atom. The molecule has 0 saturated heterocycles. The van der Waals surface area contributed by atoms with E-state index in [1.807, 2.05) is 0 Å². The van der Waals surface area contributed by atoms with Crippen LogP contribution in [0.3, 0.4) is 0 Å². The monoisotopic (exact) mass is 273 g/mol. The van der Waals surface area contributed by atoms with Crippen LogP contribution >= 0.6 is 0 Å². The highest BCUT2D eigenvalue weighted by Gasteiger charge is 2.23. The van der Waals surface area contributed by atoms with Crippen LogP contribution in [0.1, 0.15) is 51.1 Å². The first kappa shape index (κ1) is 14.3. The predicted octanol–water partition coefficient (Wildman–Crippen LogP) is 2.84. The number of aromatic carboxylic acids is 1. The molecule has 0 heterocycles. The predicted molar refractivity (Wildman–Crippen MR) is 77.1 cm³/mol. The van der Waals surface area contributed by atoms with Crippen molar-refractivity contribution in [3.8, 4) is 0 Å². The second kappa shape index (κ2) is 5.90. The summed E-state index contributed by atoms with van der Waals surface area (Å²) in [7, 11) is 0. The molecule has 106 valence electrons. The molecule has 2 rings (SSSR count). The van der Waals surface area contributed by atoms with Gasteiger partial charge in [0, 0.05) is 6.04 Å². The van der Waals surface area contributed by atoms with Crippen molar-refractivity contribution in [2.45, 2.75) is 39.2 Å². The number of rotatable bonds is 3. The zero-order chi connectivity index (χ0) is 14.7. The maximum Gasteiger partial charge on any atom is 0.336 e. The fraction of sp³-hybridized carbons (Fsp3) is 0.375. The minimum atomic E-state index is -1.06. The van der Waals surface area contributed by atoms with Crippen molar-refractivity contribution in [3.05, 3.63) is 46.5 Å². The Morgan fingerprint density at radius 2 is 1.80 bits per heavy atom. The molecule has 4 heteroatoms. The molecule has 1 aliphatic rings. The Bertz CT molecular complexity index is 575. The first-order valence-corrected chi connectivity index (χ1v) is 6.80. The van der Waals surface area contributed by atoms with E-state index >= 15 is 0 Å². The van der Waals surface area contributed by atoms with Crippen LogP contribution in [0, 0.1) is 13.8 Å². The molecule has 0 radical (unpaired) electrons. The van der Waals surface area contributed by atoms with Crippen molar-refractivity contribution in [2.75, 3.05) is 0 Å². The molecule has 20 heavy (non-hydrogen) atoms. The number of benzene rings is 1. The molecule has 0 spiro atoms. The first-order chi connectivity index (χ1) is 9.50. The summed E-state index contributed by atoms with van der Waals surface area (Å²) in [6.07, 6.45) is 6.80. The lowest BCUT2D eigenvalue weighted by atomic mass is 9.95. The van der Waals surface area contributed by atoms with Gasteiger partial charge in [-0.2, -0.15) is 0 Å². The Hall–Kier alpha value is -2.10. The van der Waals surface area contributed by atoms with Crippen LogP contribution in [0.25, 0.3) is 0 Å². The third-order valence-electron chi connectivity index (χ3n) is 3.67. The standard InChI is InChI=1S/C16H19NO3/c1-10-8-9-11(2)14(16(19)20)13(10)15(18)17-12-6-4-3-5-7-12/h3-4,8-9,12H,5-7H2,1-2H3,(H,17,18)(H,19,20). The lowest BCUT2D eigenvalue weighted by Gasteiger charge is -2.21. The zero-order valence-electron chi connectivity index (χ0n) is 11.8. The van der Waals surface area contributed by atoms with Gasteiger partial charge < -0.3 is 10.4 Å². The molecule has 1 unspecified atom stereocenters. The normalized spacial score (nSPS) is 17.8. The Balaban J connectivity index is 2.31.